The number of aromatic nitrogens is 1. The Morgan fingerprint density at radius 2 is 1.88 bits per heavy atom. The van der Waals surface area contributed by atoms with Crippen LogP contribution in [0.2, 0.25) is 0 Å². The Balaban J connectivity index is 2.26. The topological polar surface area (TPSA) is 12.9 Å². The van der Waals surface area contributed by atoms with E-state index in [-0.39, 0.29) is 11.5 Å². The van der Waals surface area contributed by atoms with Crippen LogP contribution in [0.25, 0.3) is 0 Å². The van der Waals surface area contributed by atoms with Crippen molar-refractivity contribution in [3.63, 3.8) is 0 Å². The Morgan fingerprint density at radius 3 is 2.47 bits per heavy atom. The number of halogens is 2. The number of hydrogen-bond donors (Lipinski definition) is 0. The summed E-state index contributed by atoms with van der Waals surface area (Å²) in [7, 11) is 0. The molecule has 0 saturated heterocycles. The van der Waals surface area contributed by atoms with Crippen LogP contribution in [0.15, 0.2) is 18.5 Å². The SMILES string of the molecule is CC1CCC(c2cnccc2C(C)(F)F)CC1. The Hall–Kier alpha value is -0.990. The van der Waals surface area contributed by atoms with E-state index in [9.17, 15) is 8.78 Å². The quantitative estimate of drug-likeness (QED) is 0.741. The van der Waals surface area contributed by atoms with Crippen molar-refractivity contribution in [1.82, 2.24) is 4.98 Å². The molecule has 1 saturated carbocycles. The normalized spacial score (nSPS) is 25.9. The van der Waals surface area contributed by atoms with Gasteiger partial charge in [0.1, 0.15) is 0 Å². The van der Waals surface area contributed by atoms with E-state index in [0.29, 0.717) is 0 Å². The van der Waals surface area contributed by atoms with Crippen LogP contribution in [0.5, 0.6) is 0 Å². The molecule has 1 nitrogen and oxygen atoms in total. The summed E-state index contributed by atoms with van der Waals surface area (Å²) in [5, 5.41) is 0. The second-order valence-corrected chi connectivity index (χ2v) is 5.31. The number of nitrogens with zero attached hydrogens (tertiary/aromatic N) is 1. The highest BCUT2D eigenvalue weighted by Crippen LogP contribution is 2.40. The van der Waals surface area contributed by atoms with E-state index in [4.69, 9.17) is 0 Å². The fourth-order valence-electron chi connectivity index (χ4n) is 2.70. The maximum absolute atomic E-state index is 13.5. The third kappa shape index (κ3) is 2.82. The Morgan fingerprint density at radius 1 is 1.24 bits per heavy atom. The minimum Gasteiger partial charge on any atom is -0.264 e. The summed E-state index contributed by atoms with van der Waals surface area (Å²) in [5.74, 6) is -1.77. The van der Waals surface area contributed by atoms with Crippen LogP contribution in [-0.2, 0) is 5.92 Å². The molecule has 0 aromatic carbocycles. The first-order valence-corrected chi connectivity index (χ1v) is 6.30. The van der Waals surface area contributed by atoms with Gasteiger partial charge in [-0.3, -0.25) is 4.98 Å². The molecule has 1 aliphatic carbocycles. The molecule has 1 heterocycles. The molecular formula is C14H19F2N. The van der Waals surface area contributed by atoms with Crippen molar-refractivity contribution in [3.8, 4) is 0 Å². The standard InChI is InChI=1S/C14H19F2N/c1-10-3-5-11(6-4-10)12-9-17-8-7-13(12)14(2,15)16/h7-11H,3-6H2,1-2H3. The van der Waals surface area contributed by atoms with E-state index < -0.39 is 5.92 Å². The summed E-state index contributed by atoms with van der Waals surface area (Å²) in [6.07, 6.45) is 7.38. The predicted octanol–water partition coefficient (Wildman–Crippen LogP) is 4.49. The molecule has 0 unspecified atom stereocenters. The van der Waals surface area contributed by atoms with E-state index in [1.807, 2.05) is 0 Å². The Bertz CT molecular complexity index is 376. The fourth-order valence-corrected chi connectivity index (χ4v) is 2.70. The maximum Gasteiger partial charge on any atom is 0.270 e. The number of pyridine rings is 1. The van der Waals surface area contributed by atoms with Gasteiger partial charge in [0, 0.05) is 24.9 Å². The molecule has 0 aliphatic heterocycles. The zero-order valence-corrected chi connectivity index (χ0v) is 10.4. The monoisotopic (exact) mass is 239 g/mol. The summed E-state index contributed by atoms with van der Waals surface area (Å²) in [5.41, 5.74) is 0.916. The highest BCUT2D eigenvalue weighted by Gasteiger charge is 2.31. The smallest absolute Gasteiger partial charge is 0.264 e. The van der Waals surface area contributed by atoms with Crippen LogP contribution in [0.3, 0.4) is 0 Å². The van der Waals surface area contributed by atoms with Gasteiger partial charge in [-0.25, -0.2) is 8.78 Å². The third-order valence-electron chi connectivity index (χ3n) is 3.78. The molecule has 0 radical (unpaired) electrons. The number of rotatable bonds is 2. The van der Waals surface area contributed by atoms with E-state index in [2.05, 4.69) is 11.9 Å². The molecule has 94 valence electrons. The van der Waals surface area contributed by atoms with Crippen LogP contribution in [0.4, 0.5) is 8.78 Å². The Labute approximate surface area is 101 Å². The zero-order valence-electron chi connectivity index (χ0n) is 10.4. The largest absolute Gasteiger partial charge is 0.270 e. The zero-order chi connectivity index (χ0) is 12.5. The first kappa shape index (κ1) is 12.5. The number of hydrogen-bond acceptors (Lipinski definition) is 1. The van der Waals surface area contributed by atoms with Crippen LogP contribution in [0.1, 0.15) is 56.6 Å². The van der Waals surface area contributed by atoms with Crippen molar-refractivity contribution < 1.29 is 8.78 Å². The van der Waals surface area contributed by atoms with Crippen LogP contribution in [-0.4, -0.2) is 4.98 Å². The van der Waals surface area contributed by atoms with Crippen molar-refractivity contribution >= 4 is 0 Å². The summed E-state index contributed by atoms with van der Waals surface area (Å²) in [6, 6.07) is 1.47. The first-order chi connectivity index (χ1) is 7.98. The lowest BCUT2D eigenvalue weighted by Crippen LogP contribution is -2.17. The molecule has 3 heteroatoms. The maximum atomic E-state index is 13.5. The van der Waals surface area contributed by atoms with Gasteiger partial charge in [-0.15, -0.1) is 0 Å². The van der Waals surface area contributed by atoms with Gasteiger partial charge in [0.25, 0.3) is 5.92 Å². The van der Waals surface area contributed by atoms with Gasteiger partial charge >= 0.3 is 0 Å². The molecular weight excluding hydrogens is 220 g/mol. The summed E-state index contributed by atoms with van der Waals surface area (Å²) in [4.78, 5) is 4.02. The minimum absolute atomic E-state index is 0.159. The lowest BCUT2D eigenvalue weighted by Gasteiger charge is -2.28. The molecule has 0 bridgehead atoms. The highest BCUT2D eigenvalue weighted by atomic mass is 19.3. The van der Waals surface area contributed by atoms with Crippen molar-refractivity contribution in [2.75, 3.05) is 0 Å². The fraction of sp³-hybridized carbons (Fsp3) is 0.643. The highest BCUT2D eigenvalue weighted by molar-refractivity contribution is 5.30. The molecule has 0 amide bonds. The molecule has 1 aromatic heterocycles. The molecule has 0 spiro atoms. The minimum atomic E-state index is -2.76. The molecule has 1 aliphatic rings. The van der Waals surface area contributed by atoms with Crippen molar-refractivity contribution in [1.29, 1.82) is 0 Å². The second kappa shape index (κ2) is 4.71. The van der Waals surface area contributed by atoms with Crippen LogP contribution in [0, 0.1) is 5.92 Å². The summed E-state index contributed by atoms with van der Waals surface area (Å²) in [6.45, 7) is 3.20. The van der Waals surface area contributed by atoms with Crippen LogP contribution >= 0.6 is 0 Å². The average molecular weight is 239 g/mol. The van der Waals surface area contributed by atoms with E-state index in [1.165, 1.54) is 12.3 Å². The van der Waals surface area contributed by atoms with E-state index in [1.54, 1.807) is 6.20 Å². The molecule has 0 atom stereocenters. The van der Waals surface area contributed by atoms with Gasteiger partial charge in [-0.05, 0) is 36.3 Å². The van der Waals surface area contributed by atoms with Gasteiger partial charge in [-0.1, -0.05) is 19.8 Å². The van der Waals surface area contributed by atoms with E-state index in [0.717, 1.165) is 44.1 Å². The van der Waals surface area contributed by atoms with Crippen molar-refractivity contribution in [2.24, 2.45) is 5.92 Å². The third-order valence-corrected chi connectivity index (χ3v) is 3.78. The van der Waals surface area contributed by atoms with Gasteiger partial charge in [0.05, 0.1) is 0 Å². The Kier molecular flexibility index (Phi) is 3.45. The molecule has 1 aromatic rings. The van der Waals surface area contributed by atoms with Crippen molar-refractivity contribution in [2.45, 2.75) is 51.4 Å². The molecule has 0 N–H and O–H groups in total. The molecule has 17 heavy (non-hydrogen) atoms. The second-order valence-electron chi connectivity index (χ2n) is 5.31. The predicted molar refractivity (Wildman–Crippen MR) is 64.2 cm³/mol. The van der Waals surface area contributed by atoms with Crippen LogP contribution < -0.4 is 0 Å². The number of alkyl halides is 2. The summed E-state index contributed by atoms with van der Waals surface area (Å²) < 4.78 is 27.0. The average Bonchev–Trinajstić information content (AvgIpc) is 2.29. The van der Waals surface area contributed by atoms with E-state index >= 15 is 0 Å². The lowest BCUT2D eigenvalue weighted by atomic mass is 9.78. The molecule has 1 fully saturated rings. The van der Waals surface area contributed by atoms with Gasteiger partial charge in [0.2, 0.25) is 0 Å². The van der Waals surface area contributed by atoms with Gasteiger partial charge in [0.15, 0.2) is 0 Å². The summed E-state index contributed by atoms with van der Waals surface area (Å²) >= 11 is 0. The van der Waals surface area contributed by atoms with Gasteiger partial charge < -0.3 is 0 Å². The lowest BCUT2D eigenvalue weighted by molar-refractivity contribution is 0.0158. The molecule has 2 rings (SSSR count). The first-order valence-electron chi connectivity index (χ1n) is 6.30. The van der Waals surface area contributed by atoms with Crippen molar-refractivity contribution in [3.05, 3.63) is 29.6 Å². The van der Waals surface area contributed by atoms with Gasteiger partial charge in [-0.2, -0.15) is 0 Å².